The highest BCUT2D eigenvalue weighted by Gasteiger charge is 2.41. The maximum atomic E-state index is 6.09. The highest BCUT2D eigenvalue weighted by Crippen LogP contribution is 2.43. The summed E-state index contributed by atoms with van der Waals surface area (Å²) in [5, 5.41) is 4.93. The minimum absolute atomic E-state index is 0.371. The Hall–Kier alpha value is -1.40. The van der Waals surface area contributed by atoms with E-state index >= 15 is 0 Å². The second-order valence-corrected chi connectivity index (χ2v) is 6.84. The van der Waals surface area contributed by atoms with Crippen molar-refractivity contribution in [3.05, 3.63) is 16.3 Å². The number of nitrogens with two attached hydrogens (primary N) is 1. The van der Waals surface area contributed by atoms with Crippen molar-refractivity contribution in [3.8, 4) is 11.5 Å². The lowest BCUT2D eigenvalue weighted by atomic mass is 10.0. The molecular formula is C15H21N3O2S. The van der Waals surface area contributed by atoms with Gasteiger partial charge in [-0.25, -0.2) is 0 Å². The first kappa shape index (κ1) is 14.5. The molecule has 2 aromatic rings. The lowest BCUT2D eigenvalue weighted by Crippen LogP contribution is -2.27. The molecule has 21 heavy (non-hydrogen) atoms. The minimum Gasteiger partial charge on any atom is -0.390 e. The summed E-state index contributed by atoms with van der Waals surface area (Å²) >= 11 is 1.56. The first-order valence-corrected chi connectivity index (χ1v) is 8.23. The predicted octanol–water partition coefficient (Wildman–Crippen LogP) is 3.80. The molecule has 0 unspecified atom stereocenters. The molecule has 114 valence electrons. The van der Waals surface area contributed by atoms with E-state index in [2.05, 4.69) is 17.1 Å². The smallest absolute Gasteiger partial charge is 0.261 e. The normalized spacial score (nSPS) is 17.5. The van der Waals surface area contributed by atoms with Gasteiger partial charge in [-0.1, -0.05) is 5.16 Å². The number of ether oxygens (including phenoxy) is 1. The van der Waals surface area contributed by atoms with Crippen LogP contribution in [-0.4, -0.2) is 16.7 Å². The molecule has 0 amide bonds. The highest BCUT2D eigenvalue weighted by atomic mass is 32.1. The van der Waals surface area contributed by atoms with Gasteiger partial charge >= 0.3 is 0 Å². The van der Waals surface area contributed by atoms with Crippen LogP contribution in [0.3, 0.4) is 0 Å². The van der Waals surface area contributed by atoms with Crippen LogP contribution in [0.4, 0.5) is 5.00 Å². The lowest BCUT2D eigenvalue weighted by Gasteiger charge is -2.24. The molecular weight excluding hydrogens is 286 g/mol. The Kier molecular flexibility index (Phi) is 3.75. The minimum atomic E-state index is -0.371. The van der Waals surface area contributed by atoms with Gasteiger partial charge in [-0.05, 0) is 52.0 Å². The van der Waals surface area contributed by atoms with Crippen LogP contribution >= 0.6 is 11.3 Å². The van der Waals surface area contributed by atoms with Gasteiger partial charge in [0.25, 0.3) is 5.89 Å². The van der Waals surface area contributed by atoms with E-state index in [-0.39, 0.29) is 5.60 Å². The van der Waals surface area contributed by atoms with Crippen molar-refractivity contribution in [3.63, 3.8) is 0 Å². The average Bonchev–Trinajstić information content (AvgIpc) is 3.13. The Labute approximate surface area is 128 Å². The van der Waals surface area contributed by atoms with Gasteiger partial charge in [0.1, 0.15) is 5.60 Å². The Morgan fingerprint density at radius 2 is 2.05 bits per heavy atom. The molecule has 0 aromatic carbocycles. The summed E-state index contributed by atoms with van der Waals surface area (Å²) in [5.74, 6) is 1.18. The van der Waals surface area contributed by atoms with E-state index in [0.29, 0.717) is 18.3 Å². The summed E-state index contributed by atoms with van der Waals surface area (Å²) in [5.41, 5.74) is 7.71. The zero-order valence-corrected chi connectivity index (χ0v) is 13.5. The number of aromatic nitrogens is 2. The molecule has 0 atom stereocenters. The van der Waals surface area contributed by atoms with Crippen LogP contribution in [0.1, 0.15) is 48.9 Å². The number of rotatable bonds is 4. The number of hydrogen-bond acceptors (Lipinski definition) is 6. The van der Waals surface area contributed by atoms with Crippen LogP contribution in [0.5, 0.6) is 0 Å². The lowest BCUT2D eigenvalue weighted by molar-refractivity contribution is -0.0469. The van der Waals surface area contributed by atoms with Crippen LogP contribution in [0.15, 0.2) is 4.52 Å². The second-order valence-electron chi connectivity index (χ2n) is 5.58. The van der Waals surface area contributed by atoms with Gasteiger partial charge in [0, 0.05) is 11.5 Å². The van der Waals surface area contributed by atoms with Crippen molar-refractivity contribution in [1.82, 2.24) is 10.1 Å². The van der Waals surface area contributed by atoms with Crippen LogP contribution < -0.4 is 5.73 Å². The van der Waals surface area contributed by atoms with E-state index in [9.17, 15) is 0 Å². The third kappa shape index (κ3) is 2.36. The van der Waals surface area contributed by atoms with Crippen molar-refractivity contribution in [1.29, 1.82) is 0 Å². The molecule has 5 nitrogen and oxygen atoms in total. The van der Waals surface area contributed by atoms with Gasteiger partial charge in [0.05, 0.1) is 10.6 Å². The van der Waals surface area contributed by atoms with Crippen molar-refractivity contribution in [2.75, 3.05) is 12.3 Å². The Morgan fingerprint density at radius 1 is 1.33 bits per heavy atom. The van der Waals surface area contributed by atoms with Crippen molar-refractivity contribution in [2.24, 2.45) is 0 Å². The summed E-state index contributed by atoms with van der Waals surface area (Å²) in [6, 6.07) is 0. The van der Waals surface area contributed by atoms with Gasteiger partial charge in [-0.3, -0.25) is 0 Å². The van der Waals surface area contributed by atoms with E-state index in [4.69, 9.17) is 15.0 Å². The fourth-order valence-electron chi connectivity index (χ4n) is 3.08. The van der Waals surface area contributed by atoms with Gasteiger partial charge in [0.15, 0.2) is 0 Å². The Balaban J connectivity index is 1.99. The molecule has 2 aromatic heterocycles. The van der Waals surface area contributed by atoms with Gasteiger partial charge in [-0.15, -0.1) is 11.3 Å². The zero-order chi connectivity index (χ0) is 15.0. The molecule has 0 aliphatic heterocycles. The fraction of sp³-hybridized carbons (Fsp3) is 0.600. The molecule has 2 N–H and O–H groups in total. The zero-order valence-electron chi connectivity index (χ0n) is 12.7. The molecule has 1 saturated carbocycles. The number of aryl methyl sites for hydroxylation is 1. The Morgan fingerprint density at radius 3 is 2.62 bits per heavy atom. The molecule has 0 radical (unpaired) electrons. The number of hydrogen-bond donors (Lipinski definition) is 1. The van der Waals surface area contributed by atoms with Crippen LogP contribution in [0.25, 0.3) is 11.5 Å². The number of anilines is 1. The summed E-state index contributed by atoms with van der Waals surface area (Å²) in [4.78, 5) is 5.80. The van der Waals surface area contributed by atoms with E-state index in [1.54, 1.807) is 11.3 Å². The average molecular weight is 307 g/mol. The van der Waals surface area contributed by atoms with E-state index < -0.39 is 0 Å². The summed E-state index contributed by atoms with van der Waals surface area (Å²) < 4.78 is 11.5. The van der Waals surface area contributed by atoms with E-state index in [1.807, 2.05) is 13.8 Å². The molecule has 0 saturated heterocycles. The number of nitrogen functional groups attached to an aromatic ring is 1. The molecule has 1 aliphatic rings. The number of thiophene rings is 1. The van der Waals surface area contributed by atoms with Crippen LogP contribution in [0.2, 0.25) is 0 Å². The fourth-order valence-corrected chi connectivity index (χ4v) is 4.01. The van der Waals surface area contributed by atoms with E-state index in [1.165, 1.54) is 4.88 Å². The predicted molar refractivity (Wildman–Crippen MR) is 83.3 cm³/mol. The summed E-state index contributed by atoms with van der Waals surface area (Å²) in [7, 11) is 0. The first-order valence-electron chi connectivity index (χ1n) is 7.41. The van der Waals surface area contributed by atoms with Gasteiger partial charge < -0.3 is 15.0 Å². The molecule has 6 heteroatoms. The van der Waals surface area contributed by atoms with Crippen molar-refractivity contribution >= 4 is 16.3 Å². The second kappa shape index (κ2) is 5.42. The van der Waals surface area contributed by atoms with Crippen molar-refractivity contribution < 1.29 is 9.26 Å². The summed E-state index contributed by atoms with van der Waals surface area (Å²) in [6.45, 7) is 6.75. The topological polar surface area (TPSA) is 74.2 Å². The van der Waals surface area contributed by atoms with Crippen molar-refractivity contribution in [2.45, 2.75) is 52.1 Å². The monoisotopic (exact) mass is 307 g/mol. The van der Waals surface area contributed by atoms with Gasteiger partial charge in [-0.2, -0.15) is 4.98 Å². The molecule has 2 heterocycles. The van der Waals surface area contributed by atoms with Crippen LogP contribution in [0, 0.1) is 13.8 Å². The summed E-state index contributed by atoms with van der Waals surface area (Å²) in [6.07, 6.45) is 4.19. The quantitative estimate of drug-likeness (QED) is 0.930. The van der Waals surface area contributed by atoms with E-state index in [0.717, 1.165) is 41.8 Å². The first-order chi connectivity index (χ1) is 10.1. The maximum absolute atomic E-state index is 6.09. The number of nitrogens with zero attached hydrogens (tertiary/aromatic N) is 2. The SMILES string of the molecule is CCOC1(c2noc(-c3c(N)sc(C)c3C)n2)CCCC1. The molecule has 0 spiro atoms. The third-order valence-corrected chi connectivity index (χ3v) is 5.33. The maximum Gasteiger partial charge on any atom is 0.261 e. The largest absolute Gasteiger partial charge is 0.390 e. The molecule has 3 rings (SSSR count). The third-order valence-electron chi connectivity index (χ3n) is 4.29. The Bertz CT molecular complexity index is 641. The van der Waals surface area contributed by atoms with Crippen LogP contribution in [-0.2, 0) is 10.3 Å². The van der Waals surface area contributed by atoms with Gasteiger partial charge in [0.2, 0.25) is 5.82 Å². The highest BCUT2D eigenvalue weighted by molar-refractivity contribution is 7.16. The molecule has 1 fully saturated rings. The molecule has 0 bridgehead atoms. The molecule has 1 aliphatic carbocycles. The standard InChI is InChI=1S/C15H21N3O2S/c1-4-19-15(7-5-6-8-15)14-17-13(20-18-14)11-9(2)10(3)21-12(11)16/h4-8,16H2,1-3H3.